The van der Waals surface area contributed by atoms with Crippen LogP contribution in [0.4, 0.5) is 4.39 Å². The molecule has 1 saturated heterocycles. The monoisotopic (exact) mass is 442 g/mol. The minimum atomic E-state index is -3.80. The van der Waals surface area contributed by atoms with Crippen molar-refractivity contribution in [2.45, 2.75) is 30.8 Å². The molecule has 4 rings (SSSR count). The lowest BCUT2D eigenvalue weighted by molar-refractivity contribution is -0.154. The quantitative estimate of drug-likeness (QED) is 0.557. The average Bonchev–Trinajstić information content (AvgIpc) is 2.79. The number of nitrogens with zero attached hydrogens (tertiary/aromatic N) is 2. The highest BCUT2D eigenvalue weighted by atomic mass is 32.2. The molecule has 0 amide bonds. The molecule has 2 heterocycles. The fourth-order valence-electron chi connectivity index (χ4n) is 3.76. The summed E-state index contributed by atoms with van der Waals surface area (Å²) in [7, 11) is -3.80. The van der Waals surface area contributed by atoms with Gasteiger partial charge in [0.15, 0.2) is 0 Å². The Kier molecular flexibility index (Phi) is 6.02. The fourth-order valence-corrected chi connectivity index (χ4v) is 5.28. The van der Waals surface area contributed by atoms with E-state index in [1.165, 1.54) is 16.4 Å². The van der Waals surface area contributed by atoms with E-state index in [4.69, 9.17) is 4.74 Å². The van der Waals surface area contributed by atoms with Gasteiger partial charge >= 0.3 is 5.97 Å². The van der Waals surface area contributed by atoms with Crippen LogP contribution >= 0.6 is 0 Å². The van der Waals surface area contributed by atoms with E-state index in [2.05, 4.69) is 4.98 Å². The first-order valence-electron chi connectivity index (χ1n) is 10.2. The number of aromatic nitrogens is 1. The van der Waals surface area contributed by atoms with Crippen LogP contribution in [0, 0.1) is 11.7 Å². The Hall–Kier alpha value is -2.84. The van der Waals surface area contributed by atoms with Crippen LogP contribution in [0.1, 0.15) is 31.4 Å². The van der Waals surface area contributed by atoms with Crippen LogP contribution in [0.5, 0.6) is 0 Å². The molecule has 0 spiro atoms. The largest absolute Gasteiger partial charge is 0.457 e. The first-order chi connectivity index (χ1) is 14.8. The summed E-state index contributed by atoms with van der Waals surface area (Å²) in [4.78, 5) is 17.2. The SMILES string of the molecule is CC(OC(=O)C1CCCN(S(=O)(=O)c2ccc(F)cc2)C1)c1cnc2ccccc2c1. The summed E-state index contributed by atoms with van der Waals surface area (Å²) in [5.74, 6) is -1.49. The minimum absolute atomic E-state index is 0.0125. The van der Waals surface area contributed by atoms with Crippen molar-refractivity contribution in [2.75, 3.05) is 13.1 Å². The van der Waals surface area contributed by atoms with E-state index in [1.807, 2.05) is 30.3 Å². The maximum atomic E-state index is 13.2. The normalized spacial score (nSPS) is 18.6. The van der Waals surface area contributed by atoms with Crippen molar-refractivity contribution in [3.05, 3.63) is 72.2 Å². The number of para-hydroxylation sites is 1. The highest BCUT2D eigenvalue weighted by molar-refractivity contribution is 7.89. The molecule has 0 aliphatic carbocycles. The van der Waals surface area contributed by atoms with Crippen LogP contribution in [0.15, 0.2) is 65.7 Å². The number of hydrogen-bond donors (Lipinski definition) is 0. The van der Waals surface area contributed by atoms with Gasteiger partial charge in [-0.05, 0) is 56.2 Å². The number of carbonyl (C=O) groups excluding carboxylic acids is 1. The lowest BCUT2D eigenvalue weighted by Gasteiger charge is -2.31. The Bertz CT molecular complexity index is 1200. The summed E-state index contributed by atoms with van der Waals surface area (Å²) in [6.07, 6.45) is 2.28. The van der Waals surface area contributed by atoms with Crippen molar-refractivity contribution in [2.24, 2.45) is 5.92 Å². The second-order valence-electron chi connectivity index (χ2n) is 7.70. The van der Waals surface area contributed by atoms with Gasteiger partial charge in [-0.1, -0.05) is 18.2 Å². The van der Waals surface area contributed by atoms with Crippen molar-refractivity contribution in [1.29, 1.82) is 0 Å². The molecule has 3 aromatic rings. The molecule has 162 valence electrons. The van der Waals surface area contributed by atoms with Crippen molar-refractivity contribution < 1.29 is 22.3 Å². The number of hydrogen-bond acceptors (Lipinski definition) is 5. The van der Waals surface area contributed by atoms with Crippen molar-refractivity contribution >= 4 is 26.9 Å². The summed E-state index contributed by atoms with van der Waals surface area (Å²) in [6, 6.07) is 14.3. The molecule has 0 radical (unpaired) electrons. The summed E-state index contributed by atoms with van der Waals surface area (Å²) < 4.78 is 45.8. The number of piperidine rings is 1. The van der Waals surface area contributed by atoms with Gasteiger partial charge in [-0.2, -0.15) is 4.31 Å². The summed E-state index contributed by atoms with van der Waals surface area (Å²) >= 11 is 0. The van der Waals surface area contributed by atoms with Crippen LogP contribution in [0.3, 0.4) is 0 Å². The third kappa shape index (κ3) is 4.60. The van der Waals surface area contributed by atoms with Crippen molar-refractivity contribution in [3.8, 4) is 0 Å². The molecule has 2 atom stereocenters. The van der Waals surface area contributed by atoms with Gasteiger partial charge in [0, 0.05) is 30.2 Å². The van der Waals surface area contributed by atoms with Crippen LogP contribution in [0.25, 0.3) is 10.9 Å². The number of esters is 1. The van der Waals surface area contributed by atoms with Crippen molar-refractivity contribution in [1.82, 2.24) is 9.29 Å². The fraction of sp³-hybridized carbons (Fsp3) is 0.304. The van der Waals surface area contributed by atoms with Gasteiger partial charge in [-0.25, -0.2) is 12.8 Å². The molecule has 6 nitrogen and oxygen atoms in total. The number of fused-ring (bicyclic) bond motifs is 1. The number of pyridine rings is 1. The Morgan fingerprint density at radius 3 is 2.71 bits per heavy atom. The van der Waals surface area contributed by atoms with E-state index < -0.39 is 33.8 Å². The highest BCUT2D eigenvalue weighted by Crippen LogP contribution is 2.27. The molecule has 8 heteroatoms. The van der Waals surface area contributed by atoms with Crippen LogP contribution < -0.4 is 0 Å². The zero-order valence-electron chi connectivity index (χ0n) is 17.1. The Balaban J connectivity index is 1.45. The molecular weight excluding hydrogens is 419 g/mol. The molecule has 1 aromatic heterocycles. The van der Waals surface area contributed by atoms with Crippen LogP contribution in [0.2, 0.25) is 0 Å². The molecular formula is C23H23FN2O4S. The van der Waals surface area contributed by atoms with E-state index >= 15 is 0 Å². The Morgan fingerprint density at radius 1 is 1.19 bits per heavy atom. The lowest BCUT2D eigenvalue weighted by Crippen LogP contribution is -2.42. The molecule has 1 aliphatic rings. The topological polar surface area (TPSA) is 76.6 Å². The number of carbonyl (C=O) groups is 1. The highest BCUT2D eigenvalue weighted by Gasteiger charge is 2.34. The van der Waals surface area contributed by atoms with E-state index in [0.29, 0.717) is 19.4 Å². The second kappa shape index (κ2) is 8.72. The van der Waals surface area contributed by atoms with E-state index in [1.54, 1.807) is 13.1 Å². The molecule has 1 aliphatic heterocycles. The van der Waals surface area contributed by atoms with E-state index in [9.17, 15) is 17.6 Å². The number of halogens is 1. The van der Waals surface area contributed by atoms with Gasteiger partial charge in [0.25, 0.3) is 0 Å². The number of benzene rings is 2. The van der Waals surface area contributed by atoms with Gasteiger partial charge < -0.3 is 4.74 Å². The Labute approximate surface area is 180 Å². The summed E-state index contributed by atoms with van der Waals surface area (Å²) in [5, 5.41) is 0.956. The summed E-state index contributed by atoms with van der Waals surface area (Å²) in [5.41, 5.74) is 1.64. The predicted octanol–water partition coefficient (Wildman–Crippen LogP) is 4.08. The third-order valence-electron chi connectivity index (χ3n) is 5.54. The number of ether oxygens (including phenoxy) is 1. The first-order valence-corrected chi connectivity index (χ1v) is 11.6. The maximum Gasteiger partial charge on any atom is 0.310 e. The van der Waals surface area contributed by atoms with Crippen molar-refractivity contribution in [3.63, 3.8) is 0 Å². The van der Waals surface area contributed by atoms with Crippen LogP contribution in [-0.2, 0) is 19.6 Å². The average molecular weight is 443 g/mol. The molecule has 0 saturated carbocycles. The zero-order chi connectivity index (χ0) is 22.0. The lowest BCUT2D eigenvalue weighted by atomic mass is 10.00. The zero-order valence-corrected chi connectivity index (χ0v) is 17.9. The molecule has 0 bridgehead atoms. The van der Waals surface area contributed by atoms with E-state index in [-0.39, 0.29) is 11.4 Å². The predicted molar refractivity (Wildman–Crippen MR) is 114 cm³/mol. The number of sulfonamides is 1. The smallest absolute Gasteiger partial charge is 0.310 e. The molecule has 2 aromatic carbocycles. The Morgan fingerprint density at radius 2 is 1.94 bits per heavy atom. The second-order valence-corrected chi connectivity index (χ2v) is 9.63. The third-order valence-corrected chi connectivity index (χ3v) is 7.42. The van der Waals surface area contributed by atoms with Gasteiger partial charge in [0.05, 0.1) is 16.3 Å². The summed E-state index contributed by atoms with van der Waals surface area (Å²) in [6.45, 7) is 2.13. The van der Waals surface area contributed by atoms with Gasteiger partial charge in [0.2, 0.25) is 10.0 Å². The first kappa shape index (κ1) is 21.4. The molecule has 1 fully saturated rings. The molecule has 0 N–H and O–H groups in total. The van der Waals surface area contributed by atoms with E-state index in [0.717, 1.165) is 28.6 Å². The molecule has 2 unspecified atom stereocenters. The maximum absolute atomic E-state index is 13.2. The van der Waals surface area contributed by atoms with Gasteiger partial charge in [0.1, 0.15) is 11.9 Å². The van der Waals surface area contributed by atoms with Gasteiger partial charge in [-0.3, -0.25) is 9.78 Å². The van der Waals surface area contributed by atoms with Crippen LogP contribution in [-0.4, -0.2) is 36.8 Å². The van der Waals surface area contributed by atoms with Gasteiger partial charge in [-0.15, -0.1) is 0 Å². The molecule has 31 heavy (non-hydrogen) atoms. The minimum Gasteiger partial charge on any atom is -0.457 e. The standard InChI is InChI=1S/C23H23FN2O4S/c1-16(19-13-17-5-2-3-7-22(17)25-14-19)30-23(27)18-6-4-12-26(15-18)31(28,29)21-10-8-20(24)9-11-21/h2-3,5,7-11,13-14,16,18H,4,6,12,15H2,1H3. The number of rotatable bonds is 5.